The minimum Gasteiger partial charge on any atom is -0.321 e. The molecule has 0 saturated heterocycles. The summed E-state index contributed by atoms with van der Waals surface area (Å²) in [7, 11) is 0. The Morgan fingerprint density at radius 1 is 1.14 bits per heavy atom. The van der Waals surface area contributed by atoms with Gasteiger partial charge in [-0.05, 0) is 48.3 Å². The number of hydrogen-bond acceptors (Lipinski definition) is 5. The molecule has 0 atom stereocenters. The molecule has 0 saturated carbocycles. The Balaban J connectivity index is 1.73. The Morgan fingerprint density at radius 3 is 2.72 bits per heavy atom. The van der Waals surface area contributed by atoms with Crippen LogP contribution in [0.2, 0.25) is 0 Å². The Morgan fingerprint density at radius 2 is 1.93 bits per heavy atom. The molecule has 0 fully saturated rings. The third-order valence-corrected chi connectivity index (χ3v) is 4.74. The third-order valence-electron chi connectivity index (χ3n) is 4.47. The Kier molecular flexibility index (Phi) is 5.01. The number of nitrogens with one attached hydrogen (secondary N) is 2. The lowest BCUT2D eigenvalue weighted by Crippen LogP contribution is -2.25. The predicted molar refractivity (Wildman–Crippen MR) is 115 cm³/mol. The molecule has 4 rings (SSSR count). The Hall–Kier alpha value is -3.65. The van der Waals surface area contributed by atoms with E-state index in [1.807, 2.05) is 55.5 Å². The number of pyridine rings is 1. The van der Waals surface area contributed by atoms with Crippen LogP contribution in [0.15, 0.2) is 69.3 Å². The second-order valence-electron chi connectivity index (χ2n) is 6.64. The van der Waals surface area contributed by atoms with Crippen molar-refractivity contribution in [2.24, 2.45) is 5.10 Å². The van der Waals surface area contributed by atoms with Crippen LogP contribution in [0, 0.1) is 11.7 Å². The summed E-state index contributed by atoms with van der Waals surface area (Å²) in [6, 6.07) is 17.0. The van der Waals surface area contributed by atoms with E-state index in [1.54, 1.807) is 6.07 Å². The SMILES string of the molecule is Cc1ccc2[nH]c(=O)c(/C=N/n3c(=S)[nH]nc(Cc4ccccc4)c3=O)cc2c1. The van der Waals surface area contributed by atoms with E-state index in [0.717, 1.165) is 26.7 Å². The maximum Gasteiger partial charge on any atom is 0.297 e. The molecule has 144 valence electrons. The first-order valence-electron chi connectivity index (χ1n) is 8.94. The van der Waals surface area contributed by atoms with E-state index < -0.39 is 5.56 Å². The highest BCUT2D eigenvalue weighted by Gasteiger charge is 2.08. The van der Waals surface area contributed by atoms with E-state index in [1.165, 1.54) is 6.21 Å². The van der Waals surface area contributed by atoms with Crippen LogP contribution in [-0.2, 0) is 6.42 Å². The van der Waals surface area contributed by atoms with Gasteiger partial charge in [-0.3, -0.25) is 14.7 Å². The van der Waals surface area contributed by atoms with Crippen molar-refractivity contribution >= 4 is 29.3 Å². The van der Waals surface area contributed by atoms with Crippen LogP contribution in [0.4, 0.5) is 0 Å². The van der Waals surface area contributed by atoms with Crippen molar-refractivity contribution in [3.05, 3.63) is 102 Å². The van der Waals surface area contributed by atoms with Gasteiger partial charge in [0.05, 0.1) is 11.8 Å². The molecule has 2 heterocycles. The van der Waals surface area contributed by atoms with Crippen LogP contribution in [0.25, 0.3) is 10.9 Å². The highest BCUT2D eigenvalue weighted by atomic mass is 32.1. The van der Waals surface area contributed by atoms with Gasteiger partial charge in [0.15, 0.2) is 0 Å². The molecule has 29 heavy (non-hydrogen) atoms. The van der Waals surface area contributed by atoms with E-state index in [2.05, 4.69) is 20.3 Å². The Bertz CT molecular complexity index is 1400. The van der Waals surface area contributed by atoms with Crippen LogP contribution in [-0.4, -0.2) is 26.1 Å². The number of nitrogens with zero attached hydrogens (tertiary/aromatic N) is 3. The molecule has 4 aromatic rings. The topological polar surface area (TPSA) is 95.9 Å². The molecule has 8 heteroatoms. The molecule has 2 aromatic carbocycles. The van der Waals surface area contributed by atoms with Crippen molar-refractivity contribution in [1.82, 2.24) is 19.9 Å². The third kappa shape index (κ3) is 3.97. The summed E-state index contributed by atoms with van der Waals surface area (Å²) in [5.41, 5.74) is 2.64. The van der Waals surface area contributed by atoms with E-state index in [4.69, 9.17) is 12.2 Å². The summed E-state index contributed by atoms with van der Waals surface area (Å²) in [5.74, 6) is 0. The second-order valence-corrected chi connectivity index (χ2v) is 7.03. The summed E-state index contributed by atoms with van der Waals surface area (Å²) in [6.07, 6.45) is 1.68. The van der Waals surface area contributed by atoms with Crippen molar-refractivity contribution in [1.29, 1.82) is 0 Å². The number of fused-ring (bicyclic) bond motifs is 1. The predicted octanol–water partition coefficient (Wildman–Crippen LogP) is 2.92. The second kappa shape index (κ2) is 7.76. The molecule has 0 amide bonds. The van der Waals surface area contributed by atoms with E-state index in [9.17, 15) is 9.59 Å². The zero-order valence-electron chi connectivity index (χ0n) is 15.5. The van der Waals surface area contributed by atoms with E-state index in [0.29, 0.717) is 12.0 Å². The summed E-state index contributed by atoms with van der Waals surface area (Å²) in [6.45, 7) is 1.97. The first-order valence-corrected chi connectivity index (χ1v) is 9.35. The highest BCUT2D eigenvalue weighted by Crippen LogP contribution is 2.12. The maximum absolute atomic E-state index is 12.8. The van der Waals surface area contributed by atoms with Gasteiger partial charge in [-0.1, -0.05) is 42.0 Å². The number of H-pyrrole nitrogens is 2. The van der Waals surface area contributed by atoms with Crippen molar-refractivity contribution in [3.8, 4) is 0 Å². The van der Waals surface area contributed by atoms with Gasteiger partial charge < -0.3 is 4.98 Å². The van der Waals surface area contributed by atoms with Gasteiger partial charge in [0, 0.05) is 11.9 Å². The first-order chi connectivity index (χ1) is 14.0. The largest absolute Gasteiger partial charge is 0.321 e. The molecule has 7 nitrogen and oxygen atoms in total. The molecule has 0 spiro atoms. The molecular weight excluding hydrogens is 386 g/mol. The van der Waals surface area contributed by atoms with Crippen LogP contribution in [0.1, 0.15) is 22.4 Å². The van der Waals surface area contributed by atoms with Crippen LogP contribution in [0.3, 0.4) is 0 Å². The number of benzene rings is 2. The van der Waals surface area contributed by atoms with Crippen LogP contribution < -0.4 is 11.1 Å². The number of hydrogen-bond donors (Lipinski definition) is 2. The zero-order chi connectivity index (χ0) is 20.4. The molecular formula is C21H17N5O2S. The lowest BCUT2D eigenvalue weighted by Gasteiger charge is -2.04. The van der Waals surface area contributed by atoms with Gasteiger partial charge >= 0.3 is 0 Å². The quantitative estimate of drug-likeness (QED) is 0.404. The van der Waals surface area contributed by atoms with Gasteiger partial charge in [-0.15, -0.1) is 0 Å². The standard InChI is InChI=1S/C21H17N5O2S/c1-13-7-8-17-15(9-13)11-16(19(27)23-17)12-22-26-20(28)18(24-25-21(26)29)10-14-5-3-2-4-6-14/h2-9,11-12H,10H2,1H3,(H,23,27)(H,25,29)/b22-12+. The molecule has 2 N–H and O–H groups in total. The van der Waals surface area contributed by atoms with Gasteiger partial charge in [0.2, 0.25) is 4.77 Å². The lowest BCUT2D eigenvalue weighted by molar-refractivity contribution is 0.710. The van der Waals surface area contributed by atoms with Gasteiger partial charge in [-0.2, -0.15) is 14.9 Å². The first kappa shape index (κ1) is 18.7. The molecule has 0 aliphatic rings. The normalized spacial score (nSPS) is 11.3. The van der Waals surface area contributed by atoms with Crippen molar-refractivity contribution < 1.29 is 0 Å². The summed E-state index contributed by atoms with van der Waals surface area (Å²) < 4.78 is 1.09. The molecule has 0 aliphatic heterocycles. The van der Waals surface area contributed by atoms with Crippen molar-refractivity contribution in [3.63, 3.8) is 0 Å². The molecule has 0 aliphatic carbocycles. The Labute approximate surface area is 170 Å². The number of rotatable bonds is 4. The summed E-state index contributed by atoms with van der Waals surface area (Å²) in [5, 5.41) is 11.7. The number of aryl methyl sites for hydroxylation is 1. The van der Waals surface area contributed by atoms with Gasteiger partial charge in [0.25, 0.3) is 11.1 Å². The monoisotopic (exact) mass is 403 g/mol. The fourth-order valence-corrected chi connectivity index (χ4v) is 3.17. The van der Waals surface area contributed by atoms with E-state index >= 15 is 0 Å². The maximum atomic E-state index is 12.8. The summed E-state index contributed by atoms with van der Waals surface area (Å²) in [4.78, 5) is 27.9. The smallest absolute Gasteiger partial charge is 0.297 e. The van der Waals surface area contributed by atoms with Gasteiger partial charge in [0.1, 0.15) is 5.69 Å². The highest BCUT2D eigenvalue weighted by molar-refractivity contribution is 7.71. The fourth-order valence-electron chi connectivity index (χ4n) is 2.99. The number of aromatic nitrogens is 4. The van der Waals surface area contributed by atoms with Crippen LogP contribution >= 0.6 is 12.2 Å². The van der Waals surface area contributed by atoms with Crippen molar-refractivity contribution in [2.75, 3.05) is 0 Å². The molecule has 0 radical (unpaired) electrons. The zero-order valence-corrected chi connectivity index (χ0v) is 16.4. The molecule has 0 unspecified atom stereocenters. The summed E-state index contributed by atoms with van der Waals surface area (Å²) >= 11 is 5.15. The molecule has 2 aromatic heterocycles. The minimum absolute atomic E-state index is 0.0520. The van der Waals surface area contributed by atoms with Gasteiger partial charge in [-0.25, -0.2) is 0 Å². The van der Waals surface area contributed by atoms with Crippen LogP contribution in [0.5, 0.6) is 0 Å². The van der Waals surface area contributed by atoms with E-state index in [-0.39, 0.29) is 16.0 Å². The van der Waals surface area contributed by atoms with Crippen molar-refractivity contribution in [2.45, 2.75) is 13.3 Å². The average Bonchev–Trinajstić information content (AvgIpc) is 2.71. The fraction of sp³-hybridized carbons (Fsp3) is 0.0952. The average molecular weight is 403 g/mol. The lowest BCUT2D eigenvalue weighted by atomic mass is 10.1. The molecule has 0 bridgehead atoms. The minimum atomic E-state index is -0.429. The number of aromatic amines is 2.